The van der Waals surface area contributed by atoms with Crippen LogP contribution in [0.3, 0.4) is 0 Å². The molecule has 10 atom stereocenters. The predicted octanol–water partition coefficient (Wildman–Crippen LogP) is 6.38. The Morgan fingerprint density at radius 2 is 1.67 bits per heavy atom. The van der Waals surface area contributed by atoms with Gasteiger partial charge in [-0.05, 0) is 103 Å². The fraction of sp³-hybridized carbons (Fsp3) is 0.857. The second kappa shape index (κ2) is 8.07. The van der Waals surface area contributed by atoms with Crippen molar-refractivity contribution in [2.75, 3.05) is 0 Å². The lowest BCUT2D eigenvalue weighted by Gasteiger charge is -2.59. The van der Waals surface area contributed by atoms with Gasteiger partial charge in [0.15, 0.2) is 0 Å². The first kappa shape index (κ1) is 22.6. The summed E-state index contributed by atoms with van der Waals surface area (Å²) in [7, 11) is 0. The van der Waals surface area contributed by atoms with E-state index in [2.05, 4.69) is 53.7 Å². The molecule has 4 aliphatic rings. The molecule has 0 aliphatic heterocycles. The number of fused-ring (bicyclic) bond motifs is 5. The summed E-state index contributed by atoms with van der Waals surface area (Å²) in [6.45, 7) is 14.4. The molecule has 4 rings (SSSR count). The van der Waals surface area contributed by atoms with Crippen molar-refractivity contribution in [2.24, 2.45) is 52.3 Å². The summed E-state index contributed by atoms with van der Waals surface area (Å²) in [5.41, 5.74) is 1.68. The largest absolute Gasteiger partial charge is 0.389 e. The van der Waals surface area contributed by atoms with Crippen molar-refractivity contribution < 1.29 is 10.2 Å². The maximum atomic E-state index is 11.1. The lowest BCUT2D eigenvalue weighted by atomic mass is 9.46. The van der Waals surface area contributed by atoms with Gasteiger partial charge in [-0.1, -0.05) is 59.8 Å². The van der Waals surface area contributed by atoms with E-state index in [4.69, 9.17) is 0 Å². The minimum Gasteiger partial charge on any atom is -0.389 e. The first-order valence-electron chi connectivity index (χ1n) is 12.8. The molecule has 30 heavy (non-hydrogen) atoms. The fourth-order valence-electron chi connectivity index (χ4n) is 8.37. The summed E-state index contributed by atoms with van der Waals surface area (Å²) in [6, 6.07) is 0. The average Bonchev–Trinajstić information content (AvgIpc) is 3.04. The highest BCUT2D eigenvalue weighted by molar-refractivity contribution is 5.29. The highest BCUT2D eigenvalue weighted by Crippen LogP contribution is 2.67. The van der Waals surface area contributed by atoms with Crippen LogP contribution in [0.5, 0.6) is 0 Å². The monoisotopic (exact) mass is 414 g/mol. The maximum absolute atomic E-state index is 11.1. The third-order valence-corrected chi connectivity index (χ3v) is 10.6. The molecule has 0 aromatic rings. The van der Waals surface area contributed by atoms with Crippen LogP contribution in [0, 0.1) is 52.3 Å². The molecule has 0 amide bonds. The summed E-state index contributed by atoms with van der Waals surface area (Å²) in [5, 5.41) is 21.3. The SMILES string of the molecule is CC(C)[C@H](C)/C=C/[C@@H](C)[C@H]1CC[C@H]2[C@@H]3C[C@@H](O)C4=C[C@@H](O)CC[C@]4(C)[C@H]3CC[C@]12C. The Hall–Kier alpha value is -0.600. The topological polar surface area (TPSA) is 40.5 Å². The first-order valence-corrected chi connectivity index (χ1v) is 12.8. The first-order chi connectivity index (χ1) is 14.1. The number of rotatable bonds is 4. The zero-order chi connectivity index (χ0) is 21.8. The highest BCUT2D eigenvalue weighted by atomic mass is 16.3. The molecule has 0 bridgehead atoms. The van der Waals surface area contributed by atoms with Gasteiger partial charge in [-0.3, -0.25) is 0 Å². The van der Waals surface area contributed by atoms with E-state index in [0.29, 0.717) is 35.0 Å². The van der Waals surface area contributed by atoms with Crippen LogP contribution in [0.2, 0.25) is 0 Å². The molecule has 170 valence electrons. The van der Waals surface area contributed by atoms with Gasteiger partial charge in [0, 0.05) is 0 Å². The van der Waals surface area contributed by atoms with E-state index in [1.54, 1.807) is 0 Å². The van der Waals surface area contributed by atoms with E-state index in [0.717, 1.165) is 31.1 Å². The Kier molecular flexibility index (Phi) is 6.08. The van der Waals surface area contributed by atoms with Crippen molar-refractivity contribution in [3.8, 4) is 0 Å². The lowest BCUT2D eigenvalue weighted by molar-refractivity contribution is -0.0852. The molecule has 0 aromatic heterocycles. The standard InChI is InChI=1S/C28H46O2/c1-17(2)18(3)7-8-19(4)22-9-10-23-21-16-26(30)25-15-20(29)11-13-28(25,6)24(21)12-14-27(22,23)5/h7-8,15,17-24,26,29-30H,9-14,16H2,1-6H3/b8-7+/t18-,19-,20+,21+,22-,23+,24+,26-,27-,28-/m1/s1. The van der Waals surface area contributed by atoms with Crippen molar-refractivity contribution in [3.63, 3.8) is 0 Å². The second-order valence-corrected chi connectivity index (χ2v) is 12.3. The molecular weight excluding hydrogens is 368 g/mol. The predicted molar refractivity (Wildman–Crippen MR) is 125 cm³/mol. The van der Waals surface area contributed by atoms with Crippen molar-refractivity contribution in [1.82, 2.24) is 0 Å². The fourth-order valence-corrected chi connectivity index (χ4v) is 8.37. The maximum Gasteiger partial charge on any atom is 0.0759 e. The molecule has 0 spiro atoms. The minimum atomic E-state index is -0.357. The van der Waals surface area contributed by atoms with E-state index in [-0.39, 0.29) is 17.6 Å². The Balaban J connectivity index is 1.56. The van der Waals surface area contributed by atoms with Gasteiger partial charge in [-0.2, -0.15) is 0 Å². The Morgan fingerprint density at radius 1 is 0.933 bits per heavy atom. The Labute approximate surface area is 185 Å². The smallest absolute Gasteiger partial charge is 0.0759 e. The van der Waals surface area contributed by atoms with Crippen LogP contribution < -0.4 is 0 Å². The third-order valence-electron chi connectivity index (χ3n) is 10.6. The van der Waals surface area contributed by atoms with Gasteiger partial charge in [-0.25, -0.2) is 0 Å². The number of aliphatic hydroxyl groups excluding tert-OH is 2. The number of hydrogen-bond acceptors (Lipinski definition) is 2. The number of aliphatic hydroxyl groups is 2. The van der Waals surface area contributed by atoms with E-state index in [1.807, 2.05) is 6.08 Å². The normalized spacial score (nSPS) is 48.1. The summed E-state index contributed by atoms with van der Waals surface area (Å²) in [6.07, 6.45) is 14.4. The van der Waals surface area contributed by atoms with E-state index in [9.17, 15) is 10.2 Å². The van der Waals surface area contributed by atoms with E-state index >= 15 is 0 Å². The molecule has 2 N–H and O–H groups in total. The van der Waals surface area contributed by atoms with Gasteiger partial charge in [0.2, 0.25) is 0 Å². The molecule has 2 heteroatoms. The van der Waals surface area contributed by atoms with Crippen molar-refractivity contribution in [2.45, 2.75) is 98.7 Å². The van der Waals surface area contributed by atoms with E-state index < -0.39 is 0 Å². The second-order valence-electron chi connectivity index (χ2n) is 12.3. The molecule has 0 aromatic carbocycles. The zero-order valence-electron chi connectivity index (χ0n) is 20.3. The number of hydrogen-bond donors (Lipinski definition) is 2. The van der Waals surface area contributed by atoms with Crippen molar-refractivity contribution in [3.05, 3.63) is 23.8 Å². The molecule has 3 fully saturated rings. The summed E-state index contributed by atoms with van der Waals surface area (Å²) in [5.74, 6) is 4.84. The van der Waals surface area contributed by atoms with Crippen LogP contribution in [0.1, 0.15) is 86.5 Å². The van der Waals surface area contributed by atoms with E-state index in [1.165, 1.54) is 31.3 Å². The molecule has 0 heterocycles. The van der Waals surface area contributed by atoms with Crippen LogP contribution in [0.25, 0.3) is 0 Å². The molecular formula is C28H46O2. The average molecular weight is 415 g/mol. The van der Waals surface area contributed by atoms with Gasteiger partial charge in [-0.15, -0.1) is 0 Å². The summed E-state index contributed by atoms with van der Waals surface area (Å²) in [4.78, 5) is 0. The van der Waals surface area contributed by atoms with Gasteiger partial charge < -0.3 is 10.2 Å². The molecule has 3 saturated carbocycles. The van der Waals surface area contributed by atoms with Crippen molar-refractivity contribution >= 4 is 0 Å². The zero-order valence-corrected chi connectivity index (χ0v) is 20.3. The molecule has 4 aliphatic carbocycles. The van der Waals surface area contributed by atoms with Crippen LogP contribution >= 0.6 is 0 Å². The lowest BCUT2D eigenvalue weighted by Crippen LogP contribution is -2.54. The van der Waals surface area contributed by atoms with Gasteiger partial charge in [0.05, 0.1) is 12.2 Å². The molecule has 2 nitrogen and oxygen atoms in total. The summed E-state index contributed by atoms with van der Waals surface area (Å²) < 4.78 is 0. The Bertz CT molecular complexity index is 693. The highest BCUT2D eigenvalue weighted by Gasteiger charge is 2.60. The molecule has 0 unspecified atom stereocenters. The van der Waals surface area contributed by atoms with Crippen LogP contribution in [0.4, 0.5) is 0 Å². The third kappa shape index (κ3) is 3.54. The van der Waals surface area contributed by atoms with Crippen molar-refractivity contribution in [1.29, 1.82) is 0 Å². The molecule has 0 saturated heterocycles. The van der Waals surface area contributed by atoms with Crippen LogP contribution in [-0.4, -0.2) is 22.4 Å². The van der Waals surface area contributed by atoms with Crippen LogP contribution in [-0.2, 0) is 0 Å². The van der Waals surface area contributed by atoms with Gasteiger partial charge >= 0.3 is 0 Å². The summed E-state index contributed by atoms with van der Waals surface area (Å²) >= 11 is 0. The van der Waals surface area contributed by atoms with Gasteiger partial charge in [0.1, 0.15) is 0 Å². The van der Waals surface area contributed by atoms with Crippen LogP contribution in [0.15, 0.2) is 23.8 Å². The number of allylic oxidation sites excluding steroid dienone is 2. The quantitative estimate of drug-likeness (QED) is 0.524. The molecule has 0 radical (unpaired) electrons. The van der Waals surface area contributed by atoms with Gasteiger partial charge in [0.25, 0.3) is 0 Å². The Morgan fingerprint density at radius 3 is 2.37 bits per heavy atom. The minimum absolute atomic E-state index is 0.0964.